The first kappa shape index (κ1) is 23.1. The molecule has 2 aromatic heterocycles. The Labute approximate surface area is 198 Å². The van der Waals surface area contributed by atoms with Gasteiger partial charge in [-0.3, -0.25) is 34.2 Å². The number of amides is 2. The summed E-state index contributed by atoms with van der Waals surface area (Å²) in [6, 6.07) is 14.4. The minimum Gasteiger partial charge on any atom is -0.484 e. The number of fused-ring (bicyclic) bond motifs is 3. The number of carbonyl (C=O) groups excluding carboxylic acids is 2. The molecule has 34 heavy (non-hydrogen) atoms. The number of hydrazine groups is 1. The molecule has 0 atom stereocenters. The monoisotopic (exact) mass is 478 g/mol. The van der Waals surface area contributed by atoms with Gasteiger partial charge in [-0.15, -0.1) is 16.8 Å². The zero-order valence-corrected chi connectivity index (χ0v) is 19.2. The predicted octanol–water partition coefficient (Wildman–Crippen LogP) is 1.86. The third-order valence-electron chi connectivity index (χ3n) is 4.82. The molecule has 4 aromatic rings. The number of rotatable bonds is 8. The molecule has 2 aromatic carbocycles. The fourth-order valence-electron chi connectivity index (χ4n) is 3.32. The van der Waals surface area contributed by atoms with Crippen LogP contribution >= 0.6 is 11.8 Å². The highest BCUT2D eigenvalue weighted by Gasteiger charge is 2.17. The molecule has 0 aliphatic heterocycles. The van der Waals surface area contributed by atoms with Gasteiger partial charge in [0.1, 0.15) is 5.75 Å². The van der Waals surface area contributed by atoms with Gasteiger partial charge in [-0.1, -0.05) is 42.1 Å². The summed E-state index contributed by atoms with van der Waals surface area (Å²) in [6.45, 7) is 5.66. The van der Waals surface area contributed by atoms with Crippen LogP contribution in [0.5, 0.6) is 5.75 Å². The van der Waals surface area contributed by atoms with E-state index in [0.717, 1.165) is 17.3 Å². The second kappa shape index (κ2) is 10.2. The SMILES string of the molecule is C=CCn1c(=O)c2ccccc2n2c(SCC(=O)NNC(=O)COc3cccc(C)c3)nnc12. The third kappa shape index (κ3) is 4.94. The molecule has 0 unspecified atom stereocenters. The first-order chi connectivity index (χ1) is 16.5. The molecule has 0 fully saturated rings. The van der Waals surface area contributed by atoms with Crippen molar-refractivity contribution in [3.8, 4) is 5.75 Å². The second-order valence-corrected chi connectivity index (χ2v) is 8.27. The van der Waals surface area contributed by atoms with Crippen molar-refractivity contribution in [2.45, 2.75) is 18.6 Å². The zero-order valence-electron chi connectivity index (χ0n) is 18.4. The van der Waals surface area contributed by atoms with Crippen molar-refractivity contribution in [1.29, 1.82) is 0 Å². The predicted molar refractivity (Wildman–Crippen MR) is 129 cm³/mol. The van der Waals surface area contributed by atoms with Crippen LogP contribution in [0.1, 0.15) is 5.56 Å². The molecule has 2 N–H and O–H groups in total. The lowest BCUT2D eigenvalue weighted by atomic mass is 10.2. The summed E-state index contributed by atoms with van der Waals surface area (Å²) in [6.07, 6.45) is 1.61. The lowest BCUT2D eigenvalue weighted by Crippen LogP contribution is -2.44. The summed E-state index contributed by atoms with van der Waals surface area (Å²) in [7, 11) is 0. The number of nitrogens with zero attached hydrogens (tertiary/aromatic N) is 4. The third-order valence-corrected chi connectivity index (χ3v) is 5.75. The molecule has 10 nitrogen and oxygen atoms in total. The van der Waals surface area contributed by atoms with Crippen LogP contribution in [-0.2, 0) is 16.1 Å². The first-order valence-corrected chi connectivity index (χ1v) is 11.3. The number of ether oxygens (including phenoxy) is 1. The molecular formula is C23H22N6O4S. The Bertz CT molecular complexity index is 1440. The van der Waals surface area contributed by atoms with Gasteiger partial charge < -0.3 is 4.74 Å². The average molecular weight is 479 g/mol. The topological polar surface area (TPSA) is 120 Å². The maximum absolute atomic E-state index is 12.8. The Hall–Kier alpha value is -4.12. The molecule has 2 amide bonds. The molecule has 174 valence electrons. The van der Waals surface area contributed by atoms with Gasteiger partial charge >= 0.3 is 0 Å². The van der Waals surface area contributed by atoms with Crippen molar-refractivity contribution in [2.75, 3.05) is 12.4 Å². The van der Waals surface area contributed by atoms with E-state index in [-0.39, 0.29) is 24.5 Å². The van der Waals surface area contributed by atoms with Gasteiger partial charge in [0.25, 0.3) is 11.5 Å². The molecule has 0 spiro atoms. The van der Waals surface area contributed by atoms with Crippen molar-refractivity contribution in [1.82, 2.24) is 30.0 Å². The number of aromatic nitrogens is 4. The van der Waals surface area contributed by atoms with E-state index in [9.17, 15) is 14.4 Å². The van der Waals surface area contributed by atoms with Crippen LogP contribution in [0, 0.1) is 6.92 Å². The number of aryl methyl sites for hydroxylation is 1. The van der Waals surface area contributed by atoms with Crippen LogP contribution in [-0.4, -0.2) is 43.3 Å². The van der Waals surface area contributed by atoms with E-state index in [0.29, 0.717) is 27.6 Å². The van der Waals surface area contributed by atoms with E-state index >= 15 is 0 Å². The summed E-state index contributed by atoms with van der Waals surface area (Å²) >= 11 is 1.13. The van der Waals surface area contributed by atoms with Crippen LogP contribution in [0.25, 0.3) is 16.7 Å². The Morgan fingerprint density at radius 2 is 1.91 bits per heavy atom. The van der Waals surface area contributed by atoms with Crippen LogP contribution < -0.4 is 21.1 Å². The summed E-state index contributed by atoms with van der Waals surface area (Å²) in [5.74, 6) is -0.0399. The summed E-state index contributed by atoms with van der Waals surface area (Å²) < 4.78 is 8.61. The average Bonchev–Trinajstić information content (AvgIpc) is 3.27. The number of benzene rings is 2. The normalized spacial score (nSPS) is 10.9. The number of carbonyl (C=O) groups is 2. The molecule has 4 rings (SSSR count). The highest BCUT2D eigenvalue weighted by atomic mass is 32.2. The van der Waals surface area contributed by atoms with E-state index < -0.39 is 11.8 Å². The second-order valence-electron chi connectivity index (χ2n) is 7.33. The van der Waals surface area contributed by atoms with E-state index in [1.807, 2.05) is 31.2 Å². The number of hydrogen-bond acceptors (Lipinski definition) is 7. The zero-order chi connectivity index (χ0) is 24.1. The van der Waals surface area contributed by atoms with Gasteiger partial charge in [-0.05, 0) is 36.8 Å². The standard InChI is InChI=1S/C23H22N6O4S/c1-3-11-28-21(32)17-9-4-5-10-18(17)29-22(28)26-27-23(29)34-14-20(31)25-24-19(30)13-33-16-8-6-7-15(2)12-16/h3-10,12H,1,11,13-14H2,2H3,(H,24,30)(H,25,31). The number of thioether (sulfide) groups is 1. The fourth-order valence-corrected chi connectivity index (χ4v) is 4.06. The Kier molecular flexibility index (Phi) is 6.93. The number of hydrogen-bond donors (Lipinski definition) is 2. The van der Waals surface area contributed by atoms with Crippen molar-refractivity contribution in [3.63, 3.8) is 0 Å². The van der Waals surface area contributed by atoms with E-state index in [1.165, 1.54) is 4.57 Å². The summed E-state index contributed by atoms with van der Waals surface area (Å²) in [4.78, 5) is 37.1. The smallest absolute Gasteiger partial charge is 0.276 e. The lowest BCUT2D eigenvalue weighted by molar-refractivity contribution is -0.128. The van der Waals surface area contributed by atoms with Gasteiger partial charge in [0, 0.05) is 6.54 Å². The molecule has 0 aliphatic rings. The molecular weight excluding hydrogens is 456 g/mol. The van der Waals surface area contributed by atoms with Gasteiger partial charge in [0.05, 0.1) is 16.7 Å². The highest BCUT2D eigenvalue weighted by molar-refractivity contribution is 7.99. The molecule has 0 aliphatic carbocycles. The first-order valence-electron chi connectivity index (χ1n) is 10.4. The quantitative estimate of drug-likeness (QED) is 0.225. The Balaban J connectivity index is 1.40. The van der Waals surface area contributed by atoms with Gasteiger partial charge in [-0.2, -0.15) is 0 Å². The van der Waals surface area contributed by atoms with Crippen LogP contribution in [0.3, 0.4) is 0 Å². The fraction of sp³-hybridized carbons (Fsp3) is 0.174. The highest BCUT2D eigenvalue weighted by Crippen LogP contribution is 2.21. The Morgan fingerprint density at radius 1 is 1.12 bits per heavy atom. The molecule has 11 heteroatoms. The summed E-state index contributed by atoms with van der Waals surface area (Å²) in [5, 5.41) is 9.25. The molecule has 0 saturated carbocycles. The number of allylic oxidation sites excluding steroid dienone is 1. The van der Waals surface area contributed by atoms with Crippen LogP contribution in [0.4, 0.5) is 0 Å². The van der Waals surface area contributed by atoms with Crippen molar-refractivity contribution in [2.24, 2.45) is 0 Å². The van der Waals surface area contributed by atoms with Crippen molar-refractivity contribution < 1.29 is 14.3 Å². The van der Waals surface area contributed by atoms with Crippen LogP contribution in [0.2, 0.25) is 0 Å². The largest absolute Gasteiger partial charge is 0.484 e. The summed E-state index contributed by atoms with van der Waals surface area (Å²) in [5.41, 5.74) is 6.13. The van der Waals surface area contributed by atoms with Crippen LogP contribution in [0.15, 0.2) is 71.1 Å². The Morgan fingerprint density at radius 3 is 2.71 bits per heavy atom. The van der Waals surface area contributed by atoms with Gasteiger partial charge in [-0.25, -0.2) is 0 Å². The van der Waals surface area contributed by atoms with Gasteiger partial charge in [0.2, 0.25) is 11.7 Å². The van der Waals surface area contributed by atoms with Crippen molar-refractivity contribution >= 4 is 40.3 Å². The molecule has 0 saturated heterocycles. The molecule has 2 heterocycles. The lowest BCUT2D eigenvalue weighted by Gasteiger charge is -2.10. The van der Waals surface area contributed by atoms with E-state index in [4.69, 9.17) is 4.74 Å². The van der Waals surface area contributed by atoms with Crippen molar-refractivity contribution in [3.05, 3.63) is 77.1 Å². The minimum atomic E-state index is -0.493. The van der Waals surface area contributed by atoms with E-state index in [1.54, 1.807) is 34.7 Å². The van der Waals surface area contributed by atoms with E-state index in [2.05, 4.69) is 27.6 Å². The molecule has 0 bridgehead atoms. The number of nitrogens with one attached hydrogen (secondary N) is 2. The molecule has 0 radical (unpaired) electrons. The minimum absolute atomic E-state index is 0.0330. The van der Waals surface area contributed by atoms with Gasteiger partial charge in [0.15, 0.2) is 11.8 Å². The number of para-hydroxylation sites is 1. The maximum atomic E-state index is 12.8. The maximum Gasteiger partial charge on any atom is 0.276 e.